The molecule has 6 heteroatoms. The van der Waals surface area contributed by atoms with Crippen LogP contribution in [0.4, 0.5) is 4.79 Å². The Kier molecular flexibility index (Phi) is 3.83. The molecule has 0 radical (unpaired) electrons. The van der Waals surface area contributed by atoms with Gasteiger partial charge in [0.25, 0.3) is 0 Å². The fourth-order valence-corrected chi connectivity index (χ4v) is 2.12. The van der Waals surface area contributed by atoms with Gasteiger partial charge in [-0.3, -0.25) is 4.79 Å². The van der Waals surface area contributed by atoms with E-state index in [1.165, 1.54) is 0 Å². The van der Waals surface area contributed by atoms with Crippen molar-refractivity contribution in [3.63, 3.8) is 0 Å². The molecule has 17 heavy (non-hydrogen) atoms. The number of hydrogen-bond donors (Lipinski definition) is 2. The number of hydrogen-bond acceptors (Lipinski definition) is 3. The van der Waals surface area contributed by atoms with Crippen molar-refractivity contribution < 1.29 is 19.4 Å². The molecule has 1 unspecified atom stereocenters. The summed E-state index contributed by atoms with van der Waals surface area (Å²) in [6.45, 7) is 1.95. The van der Waals surface area contributed by atoms with Gasteiger partial charge in [0.05, 0.1) is 25.7 Å². The molecule has 1 atom stereocenters. The number of amides is 2. The molecule has 0 aromatic rings. The maximum Gasteiger partial charge on any atom is 0.317 e. The van der Waals surface area contributed by atoms with Crippen LogP contribution in [-0.2, 0) is 9.53 Å². The molecule has 1 saturated carbocycles. The Morgan fingerprint density at radius 3 is 2.82 bits per heavy atom. The minimum atomic E-state index is -0.897. The number of nitrogens with one attached hydrogen (secondary N) is 1. The van der Waals surface area contributed by atoms with Gasteiger partial charge in [0.1, 0.15) is 0 Å². The molecule has 2 aliphatic rings. The molecule has 1 heterocycles. The molecular weight excluding hydrogens is 224 g/mol. The van der Waals surface area contributed by atoms with Crippen molar-refractivity contribution in [2.24, 2.45) is 5.92 Å². The summed E-state index contributed by atoms with van der Waals surface area (Å²) < 4.78 is 5.39. The van der Waals surface area contributed by atoms with E-state index in [0.717, 1.165) is 12.8 Å². The number of carbonyl (C=O) groups excluding carboxylic acids is 1. The van der Waals surface area contributed by atoms with Crippen molar-refractivity contribution in [1.82, 2.24) is 10.2 Å². The summed E-state index contributed by atoms with van der Waals surface area (Å²) in [6, 6.07) is 0.0139. The summed E-state index contributed by atoms with van der Waals surface area (Å²) in [5.41, 5.74) is 0. The van der Waals surface area contributed by atoms with Gasteiger partial charge in [-0.15, -0.1) is 0 Å². The minimum absolute atomic E-state index is 0.0375. The molecule has 0 bridgehead atoms. The van der Waals surface area contributed by atoms with Gasteiger partial charge in [0.15, 0.2) is 0 Å². The Bertz CT molecular complexity index is 304. The second-order valence-corrected chi connectivity index (χ2v) is 4.55. The number of aliphatic carboxylic acids is 1. The summed E-state index contributed by atoms with van der Waals surface area (Å²) in [4.78, 5) is 24.0. The number of carbonyl (C=O) groups is 2. The first kappa shape index (κ1) is 12.2. The van der Waals surface area contributed by atoms with E-state index < -0.39 is 5.97 Å². The number of rotatable bonds is 4. The van der Waals surface area contributed by atoms with Crippen LogP contribution in [0.5, 0.6) is 0 Å². The third-order valence-corrected chi connectivity index (χ3v) is 3.21. The van der Waals surface area contributed by atoms with Crippen LogP contribution >= 0.6 is 0 Å². The van der Waals surface area contributed by atoms with Crippen LogP contribution in [0.3, 0.4) is 0 Å². The average Bonchev–Trinajstić information content (AvgIpc) is 3.12. The fourth-order valence-electron chi connectivity index (χ4n) is 2.12. The molecule has 2 N–H and O–H groups in total. The van der Waals surface area contributed by atoms with E-state index in [9.17, 15) is 9.59 Å². The molecule has 1 aliphatic carbocycles. The number of urea groups is 1. The van der Waals surface area contributed by atoms with E-state index in [1.807, 2.05) is 0 Å². The van der Waals surface area contributed by atoms with Crippen molar-refractivity contribution in [2.75, 3.05) is 26.3 Å². The van der Waals surface area contributed by atoms with Crippen molar-refractivity contribution in [2.45, 2.75) is 25.3 Å². The third-order valence-electron chi connectivity index (χ3n) is 3.21. The highest BCUT2D eigenvalue weighted by atomic mass is 16.5. The lowest BCUT2D eigenvalue weighted by atomic mass is 10.1. The Morgan fingerprint density at radius 2 is 2.18 bits per heavy atom. The smallest absolute Gasteiger partial charge is 0.317 e. The highest BCUT2D eigenvalue weighted by Crippen LogP contribution is 2.36. The molecule has 0 spiro atoms. The second-order valence-electron chi connectivity index (χ2n) is 4.55. The van der Waals surface area contributed by atoms with Gasteiger partial charge >= 0.3 is 12.0 Å². The van der Waals surface area contributed by atoms with Crippen molar-refractivity contribution >= 4 is 12.0 Å². The van der Waals surface area contributed by atoms with Gasteiger partial charge in [-0.1, -0.05) is 0 Å². The second kappa shape index (κ2) is 5.35. The zero-order valence-electron chi connectivity index (χ0n) is 9.72. The predicted octanol–water partition coefficient (Wildman–Crippen LogP) is 0.282. The highest BCUT2D eigenvalue weighted by molar-refractivity contribution is 5.75. The normalized spacial score (nSPS) is 24.5. The van der Waals surface area contributed by atoms with Crippen molar-refractivity contribution in [3.05, 3.63) is 0 Å². The van der Waals surface area contributed by atoms with Crippen LogP contribution in [0.25, 0.3) is 0 Å². The molecule has 2 fully saturated rings. The maximum absolute atomic E-state index is 11.9. The predicted molar refractivity (Wildman–Crippen MR) is 59.7 cm³/mol. The number of morpholine rings is 1. The number of ether oxygens (including phenoxy) is 1. The Morgan fingerprint density at radius 1 is 1.41 bits per heavy atom. The quantitative estimate of drug-likeness (QED) is 0.742. The minimum Gasteiger partial charge on any atom is -0.481 e. The first-order chi connectivity index (χ1) is 8.18. The lowest BCUT2D eigenvalue weighted by Gasteiger charge is -2.35. The molecule has 0 aromatic carbocycles. The van der Waals surface area contributed by atoms with E-state index in [1.54, 1.807) is 4.90 Å². The van der Waals surface area contributed by atoms with Crippen LogP contribution in [0.1, 0.15) is 19.3 Å². The van der Waals surface area contributed by atoms with Crippen LogP contribution < -0.4 is 5.32 Å². The van der Waals surface area contributed by atoms with Crippen LogP contribution in [0.15, 0.2) is 0 Å². The van der Waals surface area contributed by atoms with Gasteiger partial charge in [0.2, 0.25) is 0 Å². The average molecular weight is 242 g/mol. The molecule has 1 aliphatic heterocycles. The topological polar surface area (TPSA) is 78.9 Å². The lowest BCUT2D eigenvalue weighted by Crippen LogP contribution is -2.53. The monoisotopic (exact) mass is 242 g/mol. The SMILES string of the molecule is O=C(O)CCNC(=O)N1CCOCC1C1CC1. The van der Waals surface area contributed by atoms with Gasteiger partial charge in [-0.05, 0) is 18.8 Å². The fraction of sp³-hybridized carbons (Fsp3) is 0.818. The van der Waals surface area contributed by atoms with E-state index >= 15 is 0 Å². The molecule has 96 valence electrons. The van der Waals surface area contributed by atoms with Crippen LogP contribution in [-0.4, -0.2) is 54.4 Å². The molecular formula is C11H18N2O4. The van der Waals surface area contributed by atoms with Crippen LogP contribution in [0, 0.1) is 5.92 Å². The van der Waals surface area contributed by atoms with Crippen LogP contribution in [0.2, 0.25) is 0 Å². The molecule has 0 aromatic heterocycles. The van der Waals surface area contributed by atoms with Gasteiger partial charge < -0.3 is 20.1 Å². The summed E-state index contributed by atoms with van der Waals surface area (Å²) in [7, 11) is 0. The first-order valence-corrected chi connectivity index (χ1v) is 6.02. The van der Waals surface area contributed by atoms with E-state index in [0.29, 0.717) is 25.7 Å². The summed E-state index contributed by atoms with van der Waals surface area (Å²) in [6.07, 6.45) is 2.28. The maximum atomic E-state index is 11.9. The third kappa shape index (κ3) is 3.33. The lowest BCUT2D eigenvalue weighted by molar-refractivity contribution is -0.136. The molecule has 1 saturated heterocycles. The number of carboxylic acids is 1. The van der Waals surface area contributed by atoms with E-state index in [4.69, 9.17) is 9.84 Å². The zero-order valence-corrected chi connectivity index (χ0v) is 9.72. The number of nitrogens with zero attached hydrogens (tertiary/aromatic N) is 1. The highest BCUT2D eigenvalue weighted by Gasteiger charge is 2.39. The van der Waals surface area contributed by atoms with Gasteiger partial charge in [-0.25, -0.2) is 4.79 Å². The zero-order chi connectivity index (χ0) is 12.3. The summed E-state index contributed by atoms with van der Waals surface area (Å²) in [5, 5.41) is 11.1. The standard InChI is InChI=1S/C11H18N2O4/c14-10(15)3-4-12-11(16)13-5-6-17-7-9(13)8-1-2-8/h8-9H,1-7H2,(H,12,16)(H,14,15). The molecule has 2 amide bonds. The largest absolute Gasteiger partial charge is 0.481 e. The van der Waals surface area contributed by atoms with E-state index in [-0.39, 0.29) is 25.0 Å². The Balaban J connectivity index is 1.81. The van der Waals surface area contributed by atoms with Crippen molar-refractivity contribution in [1.29, 1.82) is 0 Å². The molecule has 6 nitrogen and oxygen atoms in total. The van der Waals surface area contributed by atoms with E-state index in [2.05, 4.69) is 5.32 Å². The number of carboxylic acid groups (broad SMARTS) is 1. The molecule has 2 rings (SSSR count). The Hall–Kier alpha value is -1.30. The first-order valence-electron chi connectivity index (χ1n) is 6.02. The summed E-state index contributed by atoms with van der Waals surface area (Å²) in [5.74, 6) is -0.327. The van der Waals surface area contributed by atoms with Gasteiger partial charge in [0, 0.05) is 13.1 Å². The Labute approximate surface area is 99.9 Å². The van der Waals surface area contributed by atoms with Crippen molar-refractivity contribution in [3.8, 4) is 0 Å². The van der Waals surface area contributed by atoms with Gasteiger partial charge in [-0.2, -0.15) is 0 Å². The summed E-state index contributed by atoms with van der Waals surface area (Å²) >= 11 is 0.